The SMILES string of the molecule is CCNC(CC(CC)CC)C(C)(C)S(C)(=O)=O. The van der Waals surface area contributed by atoms with Crippen molar-refractivity contribution in [2.75, 3.05) is 12.8 Å². The van der Waals surface area contributed by atoms with Gasteiger partial charge < -0.3 is 5.32 Å². The summed E-state index contributed by atoms with van der Waals surface area (Å²) in [6, 6.07) is 0.0346. The molecule has 0 aromatic heterocycles. The fourth-order valence-electron chi connectivity index (χ4n) is 2.07. The van der Waals surface area contributed by atoms with Crippen molar-refractivity contribution in [3.63, 3.8) is 0 Å². The van der Waals surface area contributed by atoms with E-state index in [1.54, 1.807) is 0 Å². The Balaban J connectivity index is 4.96. The van der Waals surface area contributed by atoms with E-state index in [4.69, 9.17) is 0 Å². The maximum atomic E-state index is 11.9. The lowest BCUT2D eigenvalue weighted by atomic mass is 9.89. The summed E-state index contributed by atoms with van der Waals surface area (Å²) in [7, 11) is -3.05. The van der Waals surface area contributed by atoms with Gasteiger partial charge in [0.15, 0.2) is 9.84 Å². The van der Waals surface area contributed by atoms with Crippen LogP contribution >= 0.6 is 0 Å². The second-order valence-corrected chi connectivity index (χ2v) is 8.00. The van der Waals surface area contributed by atoms with Crippen molar-refractivity contribution in [3.8, 4) is 0 Å². The van der Waals surface area contributed by atoms with Crippen molar-refractivity contribution >= 4 is 9.84 Å². The molecule has 3 nitrogen and oxygen atoms in total. The van der Waals surface area contributed by atoms with Crippen LogP contribution in [0.25, 0.3) is 0 Å². The highest BCUT2D eigenvalue weighted by atomic mass is 32.2. The first kappa shape index (κ1) is 16.9. The molecule has 0 saturated carbocycles. The molecule has 0 aliphatic rings. The summed E-state index contributed by atoms with van der Waals surface area (Å²) < 4.78 is 23.1. The largest absolute Gasteiger partial charge is 0.313 e. The summed E-state index contributed by atoms with van der Waals surface area (Å²) in [5.41, 5.74) is 0. The Labute approximate surface area is 107 Å². The monoisotopic (exact) mass is 263 g/mol. The lowest BCUT2D eigenvalue weighted by Gasteiger charge is -2.35. The molecule has 0 heterocycles. The van der Waals surface area contributed by atoms with Gasteiger partial charge in [-0.25, -0.2) is 8.42 Å². The summed E-state index contributed by atoms with van der Waals surface area (Å²) in [6.07, 6.45) is 4.49. The van der Waals surface area contributed by atoms with Gasteiger partial charge in [-0.3, -0.25) is 0 Å². The Bertz CT molecular complexity index is 305. The van der Waals surface area contributed by atoms with E-state index in [9.17, 15) is 8.42 Å². The van der Waals surface area contributed by atoms with E-state index < -0.39 is 14.6 Å². The van der Waals surface area contributed by atoms with Gasteiger partial charge in [-0.1, -0.05) is 33.6 Å². The van der Waals surface area contributed by atoms with Crippen LogP contribution in [0.5, 0.6) is 0 Å². The average Bonchev–Trinajstić information content (AvgIpc) is 2.22. The average molecular weight is 263 g/mol. The molecule has 0 aromatic rings. The molecule has 0 saturated heterocycles. The molecule has 1 atom stereocenters. The van der Waals surface area contributed by atoms with Crippen molar-refractivity contribution in [3.05, 3.63) is 0 Å². The van der Waals surface area contributed by atoms with Gasteiger partial charge in [0.05, 0.1) is 4.75 Å². The summed E-state index contributed by atoms with van der Waals surface area (Å²) in [5.74, 6) is 0.597. The molecule has 1 N–H and O–H groups in total. The first-order chi connectivity index (χ1) is 7.70. The van der Waals surface area contributed by atoms with Crippen LogP contribution in [-0.4, -0.2) is 32.0 Å². The Kier molecular flexibility index (Phi) is 6.70. The first-order valence-corrected chi connectivity index (χ1v) is 8.52. The van der Waals surface area contributed by atoms with Gasteiger partial charge in [-0.2, -0.15) is 0 Å². The third-order valence-corrected chi connectivity index (χ3v) is 6.16. The molecule has 17 heavy (non-hydrogen) atoms. The molecule has 4 heteroatoms. The normalized spacial score (nSPS) is 15.2. The minimum absolute atomic E-state index is 0.0346. The predicted molar refractivity (Wildman–Crippen MR) is 75.1 cm³/mol. The van der Waals surface area contributed by atoms with Crippen LogP contribution in [0.2, 0.25) is 0 Å². The van der Waals surface area contributed by atoms with E-state index >= 15 is 0 Å². The minimum atomic E-state index is -3.05. The Morgan fingerprint density at radius 3 is 1.88 bits per heavy atom. The van der Waals surface area contributed by atoms with Crippen molar-refractivity contribution in [1.82, 2.24) is 5.32 Å². The van der Waals surface area contributed by atoms with E-state index in [0.717, 1.165) is 25.8 Å². The molecular weight excluding hydrogens is 234 g/mol. The Hall–Kier alpha value is -0.0900. The molecule has 0 amide bonds. The number of nitrogens with one attached hydrogen (secondary N) is 1. The standard InChI is InChI=1S/C13H29NO2S/c1-7-11(8-2)10-12(14-9-3)13(4,5)17(6,15)16/h11-12,14H,7-10H2,1-6H3. The van der Waals surface area contributed by atoms with Crippen LogP contribution in [0, 0.1) is 5.92 Å². The molecule has 0 aromatic carbocycles. The molecule has 0 bridgehead atoms. The second kappa shape index (κ2) is 6.74. The van der Waals surface area contributed by atoms with Crippen LogP contribution in [0.15, 0.2) is 0 Å². The first-order valence-electron chi connectivity index (χ1n) is 6.63. The zero-order chi connectivity index (χ0) is 13.7. The molecule has 0 radical (unpaired) electrons. The van der Waals surface area contributed by atoms with Crippen LogP contribution in [-0.2, 0) is 9.84 Å². The van der Waals surface area contributed by atoms with E-state index in [1.807, 2.05) is 20.8 Å². The maximum absolute atomic E-state index is 11.9. The predicted octanol–water partition coefficient (Wildman–Crippen LogP) is 2.61. The zero-order valence-corrected chi connectivity index (χ0v) is 13.0. The van der Waals surface area contributed by atoms with Gasteiger partial charge in [0.1, 0.15) is 0 Å². The third kappa shape index (κ3) is 4.59. The highest BCUT2D eigenvalue weighted by molar-refractivity contribution is 7.92. The van der Waals surface area contributed by atoms with Crippen molar-refractivity contribution in [2.45, 2.75) is 64.7 Å². The van der Waals surface area contributed by atoms with Gasteiger partial charge in [-0.15, -0.1) is 0 Å². The lowest BCUT2D eigenvalue weighted by Crippen LogP contribution is -2.52. The topological polar surface area (TPSA) is 46.2 Å². The van der Waals surface area contributed by atoms with Crippen LogP contribution < -0.4 is 5.32 Å². The Morgan fingerprint density at radius 1 is 1.12 bits per heavy atom. The summed E-state index contributed by atoms with van der Waals surface area (Å²) in [5, 5.41) is 3.35. The number of sulfone groups is 1. The van der Waals surface area contributed by atoms with Crippen molar-refractivity contribution in [1.29, 1.82) is 0 Å². The van der Waals surface area contributed by atoms with Crippen molar-refractivity contribution < 1.29 is 8.42 Å². The van der Waals surface area contributed by atoms with Crippen LogP contribution in [0.3, 0.4) is 0 Å². The highest BCUT2D eigenvalue weighted by Crippen LogP contribution is 2.27. The van der Waals surface area contributed by atoms with Gasteiger partial charge >= 0.3 is 0 Å². The molecule has 104 valence electrons. The molecule has 0 aliphatic heterocycles. The second-order valence-electron chi connectivity index (χ2n) is 5.40. The lowest BCUT2D eigenvalue weighted by molar-refractivity contribution is 0.321. The summed E-state index contributed by atoms with van der Waals surface area (Å²) >= 11 is 0. The molecule has 0 fully saturated rings. The van der Waals surface area contributed by atoms with Crippen LogP contribution in [0.1, 0.15) is 53.9 Å². The fraction of sp³-hybridized carbons (Fsp3) is 1.00. The fourth-order valence-corrected chi connectivity index (χ4v) is 2.77. The molecular formula is C13H29NO2S. The van der Waals surface area contributed by atoms with Gasteiger partial charge in [-0.05, 0) is 32.7 Å². The van der Waals surface area contributed by atoms with E-state index in [-0.39, 0.29) is 6.04 Å². The Morgan fingerprint density at radius 2 is 1.59 bits per heavy atom. The third-order valence-electron chi connectivity index (χ3n) is 3.97. The summed E-state index contributed by atoms with van der Waals surface area (Å²) in [4.78, 5) is 0. The smallest absolute Gasteiger partial charge is 0.154 e. The van der Waals surface area contributed by atoms with Gasteiger partial charge in [0.25, 0.3) is 0 Å². The van der Waals surface area contributed by atoms with Gasteiger partial charge in [0, 0.05) is 12.3 Å². The summed E-state index contributed by atoms with van der Waals surface area (Å²) in [6.45, 7) is 10.8. The number of rotatable bonds is 8. The van der Waals surface area contributed by atoms with Gasteiger partial charge in [0.2, 0.25) is 0 Å². The van der Waals surface area contributed by atoms with E-state index in [1.165, 1.54) is 6.26 Å². The van der Waals surface area contributed by atoms with Crippen LogP contribution in [0.4, 0.5) is 0 Å². The van der Waals surface area contributed by atoms with Crippen molar-refractivity contribution in [2.24, 2.45) is 5.92 Å². The highest BCUT2D eigenvalue weighted by Gasteiger charge is 2.39. The van der Waals surface area contributed by atoms with E-state index in [2.05, 4.69) is 19.2 Å². The number of hydrogen-bond donors (Lipinski definition) is 1. The molecule has 0 aliphatic carbocycles. The molecule has 0 spiro atoms. The number of hydrogen-bond acceptors (Lipinski definition) is 3. The maximum Gasteiger partial charge on any atom is 0.154 e. The minimum Gasteiger partial charge on any atom is -0.313 e. The molecule has 0 rings (SSSR count). The molecule has 1 unspecified atom stereocenters. The quantitative estimate of drug-likeness (QED) is 0.732. The zero-order valence-electron chi connectivity index (χ0n) is 12.2. The van der Waals surface area contributed by atoms with E-state index in [0.29, 0.717) is 5.92 Å².